The number of aryl methyl sites for hydroxylation is 1. The lowest BCUT2D eigenvalue weighted by atomic mass is 9.94. The lowest BCUT2D eigenvalue weighted by molar-refractivity contribution is 0.213. The van der Waals surface area contributed by atoms with Gasteiger partial charge in [-0.3, -0.25) is 4.99 Å². The van der Waals surface area contributed by atoms with E-state index in [0.717, 1.165) is 31.5 Å². The first-order chi connectivity index (χ1) is 12.1. The lowest BCUT2D eigenvalue weighted by Gasteiger charge is -2.29. The summed E-state index contributed by atoms with van der Waals surface area (Å²) in [5.41, 5.74) is 2.67. The van der Waals surface area contributed by atoms with Crippen LogP contribution in [0.1, 0.15) is 50.2 Å². The second-order valence-electron chi connectivity index (χ2n) is 7.49. The maximum atomic E-state index is 4.79. The van der Waals surface area contributed by atoms with Gasteiger partial charge in [-0.25, -0.2) is 0 Å². The Morgan fingerprint density at radius 1 is 1.19 bits per heavy atom. The monoisotopic (exact) mass is 472 g/mol. The molecular weight excluding hydrogens is 435 g/mol. The van der Waals surface area contributed by atoms with E-state index < -0.39 is 0 Å². The summed E-state index contributed by atoms with van der Waals surface area (Å²) in [4.78, 5) is 7.23. The lowest BCUT2D eigenvalue weighted by Crippen LogP contribution is -2.39. The van der Waals surface area contributed by atoms with Crippen LogP contribution < -0.4 is 10.6 Å². The van der Waals surface area contributed by atoms with Crippen LogP contribution in [-0.4, -0.2) is 50.6 Å². The van der Waals surface area contributed by atoms with Gasteiger partial charge in [0.2, 0.25) is 0 Å². The number of nitrogens with zero attached hydrogens (tertiary/aromatic N) is 2. The van der Waals surface area contributed by atoms with Crippen molar-refractivity contribution in [2.45, 2.75) is 46.0 Å². The molecule has 0 aromatic heterocycles. The molecule has 0 spiro atoms. The highest BCUT2D eigenvalue weighted by Crippen LogP contribution is 2.19. The predicted octanol–water partition coefficient (Wildman–Crippen LogP) is 4.00. The van der Waals surface area contributed by atoms with E-state index >= 15 is 0 Å². The Hall–Kier alpha value is -0.820. The molecule has 1 unspecified atom stereocenters. The van der Waals surface area contributed by atoms with Gasteiger partial charge in [0.05, 0.1) is 0 Å². The van der Waals surface area contributed by atoms with Gasteiger partial charge in [-0.05, 0) is 64.7 Å². The average Bonchev–Trinajstić information content (AvgIpc) is 2.61. The summed E-state index contributed by atoms with van der Waals surface area (Å²) < 4.78 is 0. The van der Waals surface area contributed by atoms with E-state index in [2.05, 4.69) is 67.6 Å². The van der Waals surface area contributed by atoms with Crippen LogP contribution in [0.3, 0.4) is 0 Å². The van der Waals surface area contributed by atoms with Crippen molar-refractivity contribution in [2.75, 3.05) is 39.8 Å². The summed E-state index contributed by atoms with van der Waals surface area (Å²) in [6, 6.07) is 8.80. The standard InChI is InChI=1S/C21H36N4.HI/c1-5-22-21(23-13-10-19-11-14-25(4)15-12-19)24-16-18(3)20-8-6-17(2)7-9-20;/h6-9,18-19H,5,10-16H2,1-4H3,(H2,22,23,24);1H. The van der Waals surface area contributed by atoms with Crippen molar-refractivity contribution < 1.29 is 0 Å². The molecule has 1 atom stereocenters. The van der Waals surface area contributed by atoms with Gasteiger partial charge in [0, 0.05) is 25.6 Å². The first-order valence-corrected chi connectivity index (χ1v) is 9.85. The first kappa shape index (κ1) is 23.2. The smallest absolute Gasteiger partial charge is 0.191 e. The van der Waals surface area contributed by atoms with Crippen molar-refractivity contribution in [2.24, 2.45) is 10.9 Å². The zero-order valence-electron chi connectivity index (χ0n) is 16.9. The number of benzene rings is 1. The number of piperidine rings is 1. The minimum atomic E-state index is 0. The molecule has 26 heavy (non-hydrogen) atoms. The maximum Gasteiger partial charge on any atom is 0.191 e. The molecule has 4 nitrogen and oxygen atoms in total. The van der Waals surface area contributed by atoms with Crippen LogP contribution in [0.5, 0.6) is 0 Å². The first-order valence-electron chi connectivity index (χ1n) is 9.85. The highest BCUT2D eigenvalue weighted by Gasteiger charge is 2.16. The number of rotatable bonds is 7. The van der Waals surface area contributed by atoms with Crippen LogP contribution in [0.25, 0.3) is 0 Å². The Balaban J connectivity index is 0.00000338. The minimum absolute atomic E-state index is 0. The molecule has 0 saturated carbocycles. The fourth-order valence-corrected chi connectivity index (χ4v) is 3.32. The van der Waals surface area contributed by atoms with E-state index in [1.807, 2.05) is 0 Å². The number of likely N-dealkylation sites (tertiary alicyclic amines) is 1. The van der Waals surface area contributed by atoms with Crippen LogP contribution in [0.2, 0.25) is 0 Å². The number of guanidine groups is 1. The molecule has 0 radical (unpaired) electrons. The van der Waals surface area contributed by atoms with Crippen LogP contribution >= 0.6 is 24.0 Å². The Bertz CT molecular complexity index is 521. The second-order valence-corrected chi connectivity index (χ2v) is 7.49. The number of aliphatic imine (C=N–C) groups is 1. The van der Waals surface area contributed by atoms with E-state index in [1.165, 1.54) is 43.5 Å². The molecule has 1 aromatic rings. The molecule has 0 aliphatic carbocycles. The zero-order chi connectivity index (χ0) is 18.1. The van der Waals surface area contributed by atoms with Crippen molar-refractivity contribution >= 4 is 29.9 Å². The Morgan fingerprint density at radius 3 is 2.46 bits per heavy atom. The molecule has 0 bridgehead atoms. The molecule has 1 saturated heterocycles. The Morgan fingerprint density at radius 2 is 1.85 bits per heavy atom. The van der Waals surface area contributed by atoms with Gasteiger partial charge >= 0.3 is 0 Å². The van der Waals surface area contributed by atoms with Crippen molar-refractivity contribution in [1.82, 2.24) is 15.5 Å². The number of hydrogen-bond donors (Lipinski definition) is 2. The molecule has 1 heterocycles. The summed E-state index contributed by atoms with van der Waals surface area (Å²) in [6.07, 6.45) is 3.90. The van der Waals surface area contributed by atoms with E-state index in [4.69, 9.17) is 4.99 Å². The average molecular weight is 472 g/mol. The fourth-order valence-electron chi connectivity index (χ4n) is 3.32. The largest absolute Gasteiger partial charge is 0.357 e. The van der Waals surface area contributed by atoms with E-state index in [9.17, 15) is 0 Å². The van der Waals surface area contributed by atoms with E-state index in [0.29, 0.717) is 5.92 Å². The van der Waals surface area contributed by atoms with Crippen molar-refractivity contribution in [1.29, 1.82) is 0 Å². The van der Waals surface area contributed by atoms with Crippen molar-refractivity contribution in [3.05, 3.63) is 35.4 Å². The molecule has 1 aromatic carbocycles. The fraction of sp³-hybridized carbons (Fsp3) is 0.667. The van der Waals surface area contributed by atoms with Gasteiger partial charge in [-0.15, -0.1) is 24.0 Å². The van der Waals surface area contributed by atoms with Gasteiger partial charge in [0.1, 0.15) is 0 Å². The van der Waals surface area contributed by atoms with Gasteiger partial charge in [-0.2, -0.15) is 0 Å². The van der Waals surface area contributed by atoms with Crippen LogP contribution in [0, 0.1) is 12.8 Å². The number of halogens is 1. The molecule has 1 fully saturated rings. The minimum Gasteiger partial charge on any atom is -0.357 e. The van der Waals surface area contributed by atoms with Crippen molar-refractivity contribution in [3.63, 3.8) is 0 Å². The third kappa shape index (κ3) is 8.25. The zero-order valence-corrected chi connectivity index (χ0v) is 19.3. The predicted molar refractivity (Wildman–Crippen MR) is 124 cm³/mol. The topological polar surface area (TPSA) is 39.7 Å². The maximum absolute atomic E-state index is 4.79. The molecule has 1 aliphatic rings. The van der Waals surface area contributed by atoms with Gasteiger partial charge < -0.3 is 15.5 Å². The van der Waals surface area contributed by atoms with Crippen LogP contribution in [-0.2, 0) is 0 Å². The van der Waals surface area contributed by atoms with E-state index in [1.54, 1.807) is 0 Å². The summed E-state index contributed by atoms with van der Waals surface area (Å²) in [5, 5.41) is 6.89. The highest BCUT2D eigenvalue weighted by atomic mass is 127. The number of nitrogens with one attached hydrogen (secondary N) is 2. The molecule has 148 valence electrons. The third-order valence-electron chi connectivity index (χ3n) is 5.20. The van der Waals surface area contributed by atoms with Crippen molar-refractivity contribution in [3.8, 4) is 0 Å². The van der Waals surface area contributed by atoms with Crippen LogP contribution in [0.15, 0.2) is 29.3 Å². The normalized spacial score (nSPS) is 17.5. The molecular formula is C21H37IN4. The molecule has 2 rings (SSSR count). The summed E-state index contributed by atoms with van der Waals surface area (Å²) in [7, 11) is 2.22. The Labute approximate surface area is 177 Å². The number of hydrogen-bond acceptors (Lipinski definition) is 2. The summed E-state index contributed by atoms with van der Waals surface area (Å²) in [6.45, 7) is 11.7. The third-order valence-corrected chi connectivity index (χ3v) is 5.20. The Kier molecular flexibility index (Phi) is 11.2. The molecule has 5 heteroatoms. The van der Waals surface area contributed by atoms with Gasteiger partial charge in [0.25, 0.3) is 0 Å². The van der Waals surface area contributed by atoms with E-state index in [-0.39, 0.29) is 24.0 Å². The van der Waals surface area contributed by atoms with Gasteiger partial charge in [0.15, 0.2) is 5.96 Å². The quantitative estimate of drug-likeness (QED) is 0.358. The highest BCUT2D eigenvalue weighted by molar-refractivity contribution is 14.0. The van der Waals surface area contributed by atoms with Crippen LogP contribution in [0.4, 0.5) is 0 Å². The molecule has 1 aliphatic heterocycles. The summed E-state index contributed by atoms with van der Waals surface area (Å²) >= 11 is 0. The van der Waals surface area contributed by atoms with Gasteiger partial charge in [-0.1, -0.05) is 36.8 Å². The molecule has 2 N–H and O–H groups in total. The SMILES string of the molecule is CCNC(=NCC(C)c1ccc(C)cc1)NCCC1CCN(C)CC1.I. The molecule has 0 amide bonds. The summed E-state index contributed by atoms with van der Waals surface area (Å²) in [5.74, 6) is 2.25. The second kappa shape index (κ2) is 12.5.